The van der Waals surface area contributed by atoms with E-state index in [4.69, 9.17) is 17.3 Å². The molecule has 1 aromatic carbocycles. The highest BCUT2D eigenvalue weighted by atomic mass is 35.5. The third-order valence-corrected chi connectivity index (χ3v) is 5.27. The van der Waals surface area contributed by atoms with Gasteiger partial charge in [0.25, 0.3) is 0 Å². The predicted octanol–water partition coefficient (Wildman–Crippen LogP) is 1.74. The molecule has 0 unspecified atom stereocenters. The maximum Gasteiger partial charge on any atom is 0.233 e. The highest BCUT2D eigenvalue weighted by molar-refractivity contribution is 7.99. The van der Waals surface area contributed by atoms with Crippen LogP contribution in [-0.2, 0) is 9.59 Å². The van der Waals surface area contributed by atoms with Gasteiger partial charge in [0.2, 0.25) is 11.8 Å². The van der Waals surface area contributed by atoms with Crippen molar-refractivity contribution in [2.24, 2.45) is 11.7 Å². The Morgan fingerprint density at radius 3 is 3.00 bits per heavy atom. The van der Waals surface area contributed by atoms with E-state index in [1.54, 1.807) is 27.9 Å². The number of rotatable bonds is 5. The second kappa shape index (κ2) is 7.88. The molecule has 2 amide bonds. The molecule has 2 N–H and O–H groups in total. The highest BCUT2D eigenvalue weighted by Crippen LogP contribution is 2.23. The molecule has 3 rings (SSSR count). The Kier molecular flexibility index (Phi) is 5.60. The molecule has 9 heteroatoms. The lowest BCUT2D eigenvalue weighted by Gasteiger charge is -2.31. The molecule has 0 bridgehead atoms. The van der Waals surface area contributed by atoms with Crippen molar-refractivity contribution in [3.05, 3.63) is 35.6 Å². The minimum absolute atomic E-state index is 0.0309. The molecule has 1 aliphatic rings. The van der Waals surface area contributed by atoms with Crippen molar-refractivity contribution in [2.45, 2.75) is 18.0 Å². The summed E-state index contributed by atoms with van der Waals surface area (Å²) in [7, 11) is 0. The number of hydrogen-bond acceptors (Lipinski definition) is 5. The number of nitrogens with two attached hydrogens (primary N) is 1. The Morgan fingerprint density at radius 2 is 2.24 bits per heavy atom. The van der Waals surface area contributed by atoms with Gasteiger partial charge in [-0.15, -0.1) is 10.2 Å². The molecule has 1 aromatic heterocycles. The fraction of sp³-hybridized carbons (Fsp3) is 0.375. The van der Waals surface area contributed by atoms with Gasteiger partial charge in [-0.1, -0.05) is 29.4 Å². The molecule has 1 atom stereocenters. The molecule has 132 valence electrons. The van der Waals surface area contributed by atoms with Crippen LogP contribution in [0.5, 0.6) is 0 Å². The fourth-order valence-corrected chi connectivity index (χ4v) is 3.80. The molecule has 2 aromatic rings. The largest absolute Gasteiger partial charge is 0.369 e. The summed E-state index contributed by atoms with van der Waals surface area (Å²) in [5, 5.41) is 9.21. The second-order valence-corrected chi connectivity index (χ2v) is 7.21. The number of primary amides is 1. The first-order chi connectivity index (χ1) is 12.0. The summed E-state index contributed by atoms with van der Waals surface area (Å²) in [5.74, 6) is -0.398. The van der Waals surface area contributed by atoms with Crippen molar-refractivity contribution in [2.75, 3.05) is 18.8 Å². The third-order valence-electron chi connectivity index (χ3n) is 4.10. The van der Waals surface area contributed by atoms with E-state index < -0.39 is 0 Å². The molecule has 7 nitrogen and oxygen atoms in total. The monoisotopic (exact) mass is 379 g/mol. The van der Waals surface area contributed by atoms with Crippen molar-refractivity contribution in [3.8, 4) is 5.69 Å². The number of likely N-dealkylation sites (tertiary alicyclic amines) is 1. The maximum absolute atomic E-state index is 12.4. The van der Waals surface area contributed by atoms with Gasteiger partial charge in [0.1, 0.15) is 6.33 Å². The molecule has 1 aliphatic heterocycles. The van der Waals surface area contributed by atoms with Crippen molar-refractivity contribution < 1.29 is 9.59 Å². The van der Waals surface area contributed by atoms with Gasteiger partial charge in [-0.25, -0.2) is 0 Å². The van der Waals surface area contributed by atoms with Gasteiger partial charge in [0.05, 0.1) is 17.4 Å². The molecule has 1 saturated heterocycles. The zero-order chi connectivity index (χ0) is 17.8. The molecule has 1 fully saturated rings. The number of thioether (sulfide) groups is 1. The van der Waals surface area contributed by atoms with Gasteiger partial charge in [-0.3, -0.25) is 14.2 Å². The van der Waals surface area contributed by atoms with E-state index in [0.717, 1.165) is 18.5 Å². The molecular formula is C16H18ClN5O2S. The zero-order valence-electron chi connectivity index (χ0n) is 13.5. The molecule has 25 heavy (non-hydrogen) atoms. The standard InChI is InChI=1S/C16H18ClN5O2S/c17-12-4-1-5-13(7-12)22-10-19-20-16(22)25-9-14(23)21-6-2-3-11(8-21)15(18)24/h1,4-5,7,10-11H,2-3,6,8-9H2,(H2,18,24)/t11-/m1/s1. The van der Waals surface area contributed by atoms with Gasteiger partial charge in [0, 0.05) is 18.1 Å². The topological polar surface area (TPSA) is 94.1 Å². The van der Waals surface area contributed by atoms with Crippen LogP contribution < -0.4 is 5.73 Å². The number of benzene rings is 1. The fourth-order valence-electron chi connectivity index (χ4n) is 2.78. The van der Waals surface area contributed by atoms with Gasteiger partial charge in [-0.05, 0) is 31.0 Å². The smallest absolute Gasteiger partial charge is 0.233 e. The summed E-state index contributed by atoms with van der Waals surface area (Å²) in [6.45, 7) is 1.06. The van der Waals surface area contributed by atoms with Gasteiger partial charge in [0.15, 0.2) is 5.16 Å². The number of nitrogens with zero attached hydrogens (tertiary/aromatic N) is 4. The van der Waals surface area contributed by atoms with Crippen LogP contribution in [0.3, 0.4) is 0 Å². The van der Waals surface area contributed by atoms with Gasteiger partial charge < -0.3 is 10.6 Å². The summed E-state index contributed by atoms with van der Waals surface area (Å²) < 4.78 is 1.78. The minimum atomic E-state index is -0.342. The number of carbonyl (C=O) groups is 2. The lowest BCUT2D eigenvalue weighted by Crippen LogP contribution is -2.44. The lowest BCUT2D eigenvalue weighted by molar-refractivity contribution is -0.132. The number of halogens is 1. The van der Waals surface area contributed by atoms with Crippen LogP contribution in [-0.4, -0.2) is 50.3 Å². The number of hydrogen-bond donors (Lipinski definition) is 1. The Morgan fingerprint density at radius 1 is 1.40 bits per heavy atom. The van der Waals surface area contributed by atoms with Crippen LogP contribution >= 0.6 is 23.4 Å². The van der Waals surface area contributed by atoms with Crippen LogP contribution in [0.1, 0.15) is 12.8 Å². The molecule has 2 heterocycles. The van der Waals surface area contributed by atoms with E-state index >= 15 is 0 Å². The minimum Gasteiger partial charge on any atom is -0.369 e. The average molecular weight is 380 g/mol. The van der Waals surface area contributed by atoms with E-state index in [1.807, 2.05) is 12.1 Å². The summed E-state index contributed by atoms with van der Waals surface area (Å²) in [6.07, 6.45) is 3.13. The number of piperidine rings is 1. The van der Waals surface area contributed by atoms with Crippen LogP contribution in [0.2, 0.25) is 5.02 Å². The van der Waals surface area contributed by atoms with Gasteiger partial charge >= 0.3 is 0 Å². The summed E-state index contributed by atoms with van der Waals surface area (Å²) in [4.78, 5) is 25.5. The molecular weight excluding hydrogens is 362 g/mol. The number of amides is 2. The SMILES string of the molecule is NC(=O)[C@@H]1CCCN(C(=O)CSc2nncn2-c2cccc(Cl)c2)C1. The molecule has 0 spiro atoms. The summed E-state index contributed by atoms with van der Waals surface area (Å²) >= 11 is 7.33. The van der Waals surface area contributed by atoms with Crippen molar-refractivity contribution in [1.82, 2.24) is 19.7 Å². The first-order valence-electron chi connectivity index (χ1n) is 7.90. The van der Waals surface area contributed by atoms with E-state index in [2.05, 4.69) is 10.2 Å². The van der Waals surface area contributed by atoms with E-state index in [1.165, 1.54) is 11.8 Å². The van der Waals surface area contributed by atoms with E-state index in [0.29, 0.717) is 23.3 Å². The Hall–Kier alpha value is -2.06. The predicted molar refractivity (Wildman–Crippen MR) is 95.6 cm³/mol. The third kappa shape index (κ3) is 4.32. The van der Waals surface area contributed by atoms with E-state index in [9.17, 15) is 9.59 Å². The van der Waals surface area contributed by atoms with Crippen molar-refractivity contribution in [3.63, 3.8) is 0 Å². The molecule has 0 aliphatic carbocycles. The Balaban J connectivity index is 1.63. The van der Waals surface area contributed by atoms with Crippen LogP contribution in [0.15, 0.2) is 35.7 Å². The Labute approximate surface area is 154 Å². The number of carbonyl (C=O) groups excluding carboxylic acids is 2. The van der Waals surface area contributed by atoms with Crippen molar-refractivity contribution >= 4 is 35.2 Å². The average Bonchev–Trinajstić information content (AvgIpc) is 3.08. The zero-order valence-corrected chi connectivity index (χ0v) is 15.0. The Bertz CT molecular complexity index is 781. The lowest BCUT2D eigenvalue weighted by atomic mass is 9.97. The second-order valence-electron chi connectivity index (χ2n) is 5.83. The van der Waals surface area contributed by atoms with Crippen LogP contribution in [0.25, 0.3) is 5.69 Å². The van der Waals surface area contributed by atoms with E-state index in [-0.39, 0.29) is 23.5 Å². The van der Waals surface area contributed by atoms with Crippen LogP contribution in [0, 0.1) is 5.92 Å². The summed E-state index contributed by atoms with van der Waals surface area (Å²) in [6, 6.07) is 7.33. The first kappa shape index (κ1) is 17.8. The van der Waals surface area contributed by atoms with Gasteiger partial charge in [-0.2, -0.15) is 0 Å². The first-order valence-corrected chi connectivity index (χ1v) is 9.27. The number of aromatic nitrogens is 3. The maximum atomic E-state index is 12.4. The quantitative estimate of drug-likeness (QED) is 0.798. The summed E-state index contributed by atoms with van der Waals surface area (Å²) in [5.41, 5.74) is 6.20. The molecule has 0 radical (unpaired) electrons. The van der Waals surface area contributed by atoms with Crippen LogP contribution in [0.4, 0.5) is 0 Å². The normalized spacial score (nSPS) is 17.5. The molecule has 0 saturated carbocycles. The highest BCUT2D eigenvalue weighted by Gasteiger charge is 2.27. The van der Waals surface area contributed by atoms with Crippen molar-refractivity contribution in [1.29, 1.82) is 0 Å².